The lowest BCUT2D eigenvalue weighted by molar-refractivity contribution is -0.114. The molecule has 0 atom stereocenters. The Bertz CT molecular complexity index is 749. The van der Waals surface area contributed by atoms with E-state index in [0.29, 0.717) is 11.5 Å². The van der Waals surface area contributed by atoms with Crippen molar-refractivity contribution in [2.24, 2.45) is 0 Å². The molecule has 1 amide bonds. The van der Waals surface area contributed by atoms with Crippen LogP contribution in [-0.2, 0) is 11.2 Å². The number of fused-ring (bicyclic) bond motifs is 3. The van der Waals surface area contributed by atoms with Crippen LogP contribution < -0.4 is 14.8 Å². The van der Waals surface area contributed by atoms with Crippen molar-refractivity contribution in [3.8, 4) is 22.8 Å². The summed E-state index contributed by atoms with van der Waals surface area (Å²) in [7, 11) is 3.19. The number of carbonyl (C=O) groups excluding carboxylic acids is 1. The number of nitrogens with one attached hydrogen (secondary N) is 1. The molecule has 0 aliphatic heterocycles. The van der Waals surface area contributed by atoms with Crippen LogP contribution in [0.4, 0.5) is 5.95 Å². The minimum atomic E-state index is -0.341. The monoisotopic (exact) mass is 319 g/mol. The first-order valence-corrected chi connectivity index (χ1v) is 7.16. The van der Waals surface area contributed by atoms with Gasteiger partial charge in [-0.1, -0.05) is 0 Å². The average molecular weight is 320 g/mol. The lowest BCUT2D eigenvalue weighted by atomic mass is 10.1. The van der Waals surface area contributed by atoms with E-state index >= 15 is 0 Å². The predicted molar refractivity (Wildman–Crippen MR) is 82.7 cm³/mol. The van der Waals surface area contributed by atoms with E-state index in [-0.39, 0.29) is 17.7 Å². The Labute approximate surface area is 132 Å². The number of benzene rings is 1. The number of methoxy groups -OCH3 is 2. The van der Waals surface area contributed by atoms with Crippen molar-refractivity contribution in [3.63, 3.8) is 0 Å². The highest BCUT2D eigenvalue weighted by molar-refractivity contribution is 6.28. The van der Waals surface area contributed by atoms with Crippen LogP contribution in [-0.4, -0.2) is 36.0 Å². The van der Waals surface area contributed by atoms with E-state index < -0.39 is 0 Å². The van der Waals surface area contributed by atoms with E-state index in [1.165, 1.54) is 0 Å². The number of hydrogen-bond acceptors (Lipinski definition) is 5. The van der Waals surface area contributed by atoms with E-state index in [9.17, 15) is 4.79 Å². The fourth-order valence-electron chi connectivity index (χ4n) is 2.48. The van der Waals surface area contributed by atoms with Crippen LogP contribution in [0.15, 0.2) is 18.3 Å². The van der Waals surface area contributed by atoms with E-state index in [0.717, 1.165) is 28.8 Å². The van der Waals surface area contributed by atoms with E-state index in [4.69, 9.17) is 21.1 Å². The van der Waals surface area contributed by atoms with Crippen LogP contribution >= 0.6 is 11.6 Å². The van der Waals surface area contributed by atoms with Gasteiger partial charge in [-0.3, -0.25) is 10.1 Å². The Hall–Kier alpha value is -2.34. The van der Waals surface area contributed by atoms with Crippen molar-refractivity contribution >= 4 is 23.5 Å². The largest absolute Gasteiger partial charge is 0.493 e. The predicted octanol–water partition coefficient (Wildman–Crippen LogP) is 2.24. The zero-order valence-electron chi connectivity index (χ0n) is 12.1. The Morgan fingerprint density at radius 2 is 2.00 bits per heavy atom. The van der Waals surface area contributed by atoms with Crippen molar-refractivity contribution in [2.75, 3.05) is 25.4 Å². The van der Waals surface area contributed by atoms with Crippen LogP contribution in [0.3, 0.4) is 0 Å². The average Bonchev–Trinajstić information content (AvgIpc) is 2.90. The molecular weight excluding hydrogens is 306 g/mol. The summed E-state index contributed by atoms with van der Waals surface area (Å²) in [6.07, 6.45) is 2.43. The molecule has 22 heavy (non-hydrogen) atoms. The molecule has 0 fully saturated rings. The van der Waals surface area contributed by atoms with Crippen LogP contribution in [0.2, 0.25) is 0 Å². The number of halogens is 1. The van der Waals surface area contributed by atoms with Crippen molar-refractivity contribution in [1.29, 1.82) is 0 Å². The van der Waals surface area contributed by atoms with Crippen molar-refractivity contribution in [1.82, 2.24) is 9.97 Å². The number of amides is 1. The highest BCUT2D eigenvalue weighted by Crippen LogP contribution is 2.41. The number of rotatable bonds is 4. The van der Waals surface area contributed by atoms with Gasteiger partial charge in [0, 0.05) is 23.7 Å². The maximum absolute atomic E-state index is 11.4. The molecule has 0 bridgehead atoms. The van der Waals surface area contributed by atoms with E-state index in [1.807, 2.05) is 12.1 Å². The van der Waals surface area contributed by atoms with Gasteiger partial charge in [0.1, 0.15) is 5.88 Å². The van der Waals surface area contributed by atoms with Gasteiger partial charge in [0.05, 0.1) is 19.9 Å². The molecule has 114 valence electrons. The van der Waals surface area contributed by atoms with Crippen LogP contribution in [0.5, 0.6) is 11.5 Å². The Morgan fingerprint density at radius 1 is 1.27 bits per heavy atom. The summed E-state index contributed by atoms with van der Waals surface area (Å²) in [5.41, 5.74) is 3.82. The smallest absolute Gasteiger partial charge is 0.241 e. The summed E-state index contributed by atoms with van der Waals surface area (Å²) in [6, 6.07) is 3.83. The molecule has 1 heterocycles. The summed E-state index contributed by atoms with van der Waals surface area (Å²) in [4.78, 5) is 19.9. The van der Waals surface area contributed by atoms with Crippen LogP contribution in [0.1, 0.15) is 11.1 Å². The molecule has 2 aromatic rings. The fraction of sp³-hybridized carbons (Fsp3) is 0.267. The van der Waals surface area contributed by atoms with Gasteiger partial charge in [0.2, 0.25) is 11.9 Å². The van der Waals surface area contributed by atoms with Gasteiger partial charge in [0.15, 0.2) is 11.5 Å². The topological polar surface area (TPSA) is 73.3 Å². The van der Waals surface area contributed by atoms with Gasteiger partial charge in [-0.2, -0.15) is 0 Å². The minimum Gasteiger partial charge on any atom is -0.493 e. The van der Waals surface area contributed by atoms with E-state index in [2.05, 4.69) is 15.3 Å². The Balaban J connectivity index is 2.03. The number of nitrogens with zero attached hydrogens (tertiary/aromatic N) is 2. The number of alkyl halides is 1. The Kier molecular flexibility index (Phi) is 3.85. The highest BCUT2D eigenvalue weighted by Gasteiger charge is 2.24. The van der Waals surface area contributed by atoms with Crippen molar-refractivity contribution in [3.05, 3.63) is 29.5 Å². The first-order chi connectivity index (χ1) is 10.7. The fourth-order valence-corrected chi connectivity index (χ4v) is 2.55. The number of ether oxygens (including phenoxy) is 2. The molecule has 1 aliphatic carbocycles. The van der Waals surface area contributed by atoms with Gasteiger partial charge >= 0.3 is 0 Å². The first-order valence-electron chi connectivity index (χ1n) is 6.63. The summed E-state index contributed by atoms with van der Waals surface area (Å²) >= 11 is 5.48. The number of hydrogen-bond donors (Lipinski definition) is 1. The lowest BCUT2D eigenvalue weighted by Gasteiger charge is -2.10. The third-order valence-electron chi connectivity index (χ3n) is 3.48. The number of carbonyl (C=O) groups is 1. The van der Waals surface area contributed by atoms with Crippen LogP contribution in [0, 0.1) is 0 Å². The minimum absolute atomic E-state index is 0.137. The van der Waals surface area contributed by atoms with Crippen molar-refractivity contribution in [2.45, 2.75) is 6.42 Å². The lowest BCUT2D eigenvalue weighted by Crippen LogP contribution is -2.15. The molecule has 6 nitrogen and oxygen atoms in total. The Morgan fingerprint density at radius 3 is 2.68 bits per heavy atom. The first kappa shape index (κ1) is 14.6. The summed E-state index contributed by atoms with van der Waals surface area (Å²) in [5.74, 6) is 1.08. The number of aromatic nitrogens is 2. The zero-order chi connectivity index (χ0) is 15.7. The normalized spacial score (nSPS) is 11.6. The molecule has 0 unspecified atom stereocenters. The third-order valence-corrected chi connectivity index (χ3v) is 3.73. The second-order valence-corrected chi connectivity index (χ2v) is 5.06. The maximum Gasteiger partial charge on any atom is 0.241 e. The molecule has 1 N–H and O–H groups in total. The molecule has 0 saturated heterocycles. The van der Waals surface area contributed by atoms with Crippen LogP contribution in [0.25, 0.3) is 11.3 Å². The molecule has 0 saturated carbocycles. The van der Waals surface area contributed by atoms with Gasteiger partial charge in [-0.25, -0.2) is 9.97 Å². The quantitative estimate of drug-likeness (QED) is 0.747. The van der Waals surface area contributed by atoms with Gasteiger partial charge in [0.25, 0.3) is 0 Å². The third kappa shape index (κ3) is 2.46. The number of anilines is 1. The molecule has 7 heteroatoms. The maximum atomic E-state index is 11.4. The second-order valence-electron chi connectivity index (χ2n) is 4.79. The second kappa shape index (κ2) is 5.81. The summed E-state index contributed by atoms with van der Waals surface area (Å²) in [6.45, 7) is 0. The molecular formula is C15H14ClN3O3. The zero-order valence-corrected chi connectivity index (χ0v) is 12.9. The molecule has 0 radical (unpaired) electrons. The molecule has 1 aromatic heterocycles. The highest BCUT2D eigenvalue weighted by atomic mass is 35.5. The van der Waals surface area contributed by atoms with Crippen molar-refractivity contribution < 1.29 is 14.3 Å². The standard InChI is InChI=1S/C15H14ClN3O3/c1-21-11-4-8-3-9-7-17-15(18-13(20)6-16)19-14(9)10(8)5-12(11)22-2/h4-5,7H,3,6H2,1-2H3,(H,17,18,19,20). The molecule has 0 spiro atoms. The SMILES string of the molecule is COc1cc2c(cc1OC)-c1nc(NC(=O)CCl)ncc1C2. The summed E-state index contributed by atoms with van der Waals surface area (Å²) < 4.78 is 10.7. The van der Waals surface area contributed by atoms with Gasteiger partial charge in [-0.05, 0) is 17.7 Å². The molecule has 3 rings (SSSR count). The molecule has 1 aromatic carbocycles. The molecule has 1 aliphatic rings. The van der Waals surface area contributed by atoms with E-state index in [1.54, 1.807) is 20.4 Å². The summed E-state index contributed by atoms with van der Waals surface area (Å²) in [5, 5.41) is 2.55. The van der Waals surface area contributed by atoms with Gasteiger partial charge < -0.3 is 9.47 Å². The van der Waals surface area contributed by atoms with Gasteiger partial charge in [-0.15, -0.1) is 11.6 Å².